The highest BCUT2D eigenvalue weighted by Crippen LogP contribution is 2.48. The van der Waals surface area contributed by atoms with Gasteiger partial charge in [0.15, 0.2) is 0 Å². The van der Waals surface area contributed by atoms with E-state index in [0.29, 0.717) is 10.6 Å². The van der Waals surface area contributed by atoms with Gasteiger partial charge in [0.05, 0.1) is 6.10 Å². The molecule has 122 valence electrons. The SMILES string of the molecule is CC(OP(=O)(c1ccccc1)c1ccccc1)c1ccc(Br)cc1. The first-order valence-corrected chi connectivity index (χ1v) is 10.2. The van der Waals surface area contributed by atoms with E-state index in [1.54, 1.807) is 0 Å². The molecule has 1 unspecified atom stereocenters. The summed E-state index contributed by atoms with van der Waals surface area (Å²) in [5.74, 6) is 0. The van der Waals surface area contributed by atoms with Crippen molar-refractivity contribution in [3.8, 4) is 0 Å². The number of hydrogen-bond donors (Lipinski definition) is 0. The van der Waals surface area contributed by atoms with Gasteiger partial charge < -0.3 is 4.52 Å². The van der Waals surface area contributed by atoms with Crippen molar-refractivity contribution in [3.63, 3.8) is 0 Å². The van der Waals surface area contributed by atoms with Crippen molar-refractivity contribution < 1.29 is 9.09 Å². The van der Waals surface area contributed by atoms with Crippen LogP contribution in [0.4, 0.5) is 0 Å². The molecule has 0 amide bonds. The summed E-state index contributed by atoms with van der Waals surface area (Å²) in [6.45, 7) is 1.93. The molecule has 3 aromatic rings. The topological polar surface area (TPSA) is 26.3 Å². The van der Waals surface area contributed by atoms with Crippen molar-refractivity contribution in [3.05, 3.63) is 95.0 Å². The van der Waals surface area contributed by atoms with E-state index in [1.807, 2.05) is 91.9 Å². The van der Waals surface area contributed by atoms with Gasteiger partial charge >= 0.3 is 0 Å². The molecule has 0 aliphatic heterocycles. The summed E-state index contributed by atoms with van der Waals surface area (Å²) in [6, 6.07) is 26.7. The molecule has 3 rings (SSSR count). The van der Waals surface area contributed by atoms with Gasteiger partial charge in [-0.25, -0.2) is 0 Å². The van der Waals surface area contributed by atoms with Gasteiger partial charge in [-0.05, 0) is 48.9 Å². The van der Waals surface area contributed by atoms with Gasteiger partial charge in [0.1, 0.15) is 0 Å². The Labute approximate surface area is 151 Å². The Morgan fingerprint density at radius 3 is 1.71 bits per heavy atom. The van der Waals surface area contributed by atoms with Crippen molar-refractivity contribution in [2.75, 3.05) is 0 Å². The zero-order chi connectivity index (χ0) is 17.0. The highest BCUT2D eigenvalue weighted by Gasteiger charge is 2.30. The molecule has 0 fully saturated rings. The van der Waals surface area contributed by atoms with Crippen LogP contribution in [-0.2, 0) is 9.09 Å². The molecule has 0 radical (unpaired) electrons. The molecule has 0 N–H and O–H groups in total. The molecule has 3 aromatic carbocycles. The molecule has 4 heteroatoms. The molecule has 0 spiro atoms. The fourth-order valence-corrected chi connectivity index (χ4v) is 5.04. The van der Waals surface area contributed by atoms with Gasteiger partial charge in [-0.2, -0.15) is 0 Å². The summed E-state index contributed by atoms with van der Waals surface area (Å²) in [4.78, 5) is 0. The first kappa shape index (κ1) is 17.2. The molecule has 1 atom stereocenters. The number of benzene rings is 3. The number of halogens is 1. The lowest BCUT2D eigenvalue weighted by molar-refractivity contribution is 0.238. The molecular weight excluding hydrogens is 383 g/mol. The summed E-state index contributed by atoms with van der Waals surface area (Å²) in [5.41, 5.74) is 0.991. The van der Waals surface area contributed by atoms with E-state index >= 15 is 0 Å². The average molecular weight is 401 g/mol. The van der Waals surface area contributed by atoms with E-state index in [1.165, 1.54) is 0 Å². The summed E-state index contributed by atoms with van der Waals surface area (Å²) in [6.07, 6.45) is -0.288. The molecule has 0 bridgehead atoms. The molecule has 24 heavy (non-hydrogen) atoms. The first-order chi connectivity index (χ1) is 11.6. The third-order valence-electron chi connectivity index (χ3n) is 3.84. The quantitative estimate of drug-likeness (QED) is 0.531. The van der Waals surface area contributed by atoms with Gasteiger partial charge in [-0.1, -0.05) is 64.5 Å². The van der Waals surface area contributed by atoms with Crippen LogP contribution in [0, 0.1) is 0 Å². The first-order valence-electron chi connectivity index (χ1n) is 7.75. The highest BCUT2D eigenvalue weighted by molar-refractivity contribution is 9.10. The van der Waals surface area contributed by atoms with E-state index in [2.05, 4.69) is 15.9 Å². The monoisotopic (exact) mass is 400 g/mol. The van der Waals surface area contributed by atoms with E-state index < -0.39 is 7.37 Å². The van der Waals surface area contributed by atoms with Crippen molar-refractivity contribution in [2.45, 2.75) is 13.0 Å². The molecule has 2 nitrogen and oxygen atoms in total. The number of rotatable bonds is 5. The molecule has 0 heterocycles. The predicted octanol–water partition coefficient (Wildman–Crippen LogP) is 5.46. The Morgan fingerprint density at radius 1 is 0.792 bits per heavy atom. The Bertz CT molecular complexity index is 789. The lowest BCUT2D eigenvalue weighted by Crippen LogP contribution is -2.19. The van der Waals surface area contributed by atoms with Crippen LogP contribution in [0.2, 0.25) is 0 Å². The van der Waals surface area contributed by atoms with Crippen LogP contribution in [-0.4, -0.2) is 0 Å². The van der Waals surface area contributed by atoms with Crippen molar-refractivity contribution in [1.82, 2.24) is 0 Å². The molecule has 0 aliphatic rings. The average Bonchev–Trinajstić information content (AvgIpc) is 2.63. The summed E-state index contributed by atoms with van der Waals surface area (Å²) < 4.78 is 21.0. The normalized spacial score (nSPS) is 12.8. The fraction of sp³-hybridized carbons (Fsp3) is 0.100. The Balaban J connectivity index is 2.00. The second-order valence-electron chi connectivity index (χ2n) is 5.52. The lowest BCUT2D eigenvalue weighted by Gasteiger charge is -2.24. The van der Waals surface area contributed by atoms with Crippen LogP contribution in [0.25, 0.3) is 0 Å². The van der Waals surface area contributed by atoms with E-state index in [9.17, 15) is 4.57 Å². The second-order valence-corrected chi connectivity index (χ2v) is 8.78. The lowest BCUT2D eigenvalue weighted by atomic mass is 10.1. The minimum Gasteiger partial charge on any atom is -0.314 e. The van der Waals surface area contributed by atoms with E-state index in [-0.39, 0.29) is 6.10 Å². The minimum atomic E-state index is -3.17. The standard InChI is InChI=1S/C20H18BrO2P/c1-16(17-12-14-18(21)15-13-17)23-24(22,19-8-4-2-5-9-19)20-10-6-3-7-11-20/h2-16H,1H3. The minimum absolute atomic E-state index is 0.288. The Kier molecular flexibility index (Phi) is 5.35. The fourth-order valence-electron chi connectivity index (χ4n) is 2.54. The molecule has 0 saturated carbocycles. The maximum atomic E-state index is 13.8. The molecule has 0 aromatic heterocycles. The Morgan fingerprint density at radius 2 is 1.25 bits per heavy atom. The van der Waals surface area contributed by atoms with Gasteiger partial charge in [-0.3, -0.25) is 4.57 Å². The predicted molar refractivity (Wildman–Crippen MR) is 103 cm³/mol. The third kappa shape index (κ3) is 3.70. The van der Waals surface area contributed by atoms with Crippen LogP contribution in [0.3, 0.4) is 0 Å². The Hall–Kier alpha value is -1.67. The largest absolute Gasteiger partial charge is 0.314 e. The zero-order valence-corrected chi connectivity index (χ0v) is 15.8. The van der Waals surface area contributed by atoms with Crippen LogP contribution in [0.15, 0.2) is 89.4 Å². The van der Waals surface area contributed by atoms with E-state index in [0.717, 1.165) is 10.0 Å². The van der Waals surface area contributed by atoms with Gasteiger partial charge in [-0.15, -0.1) is 0 Å². The second kappa shape index (κ2) is 7.48. The smallest absolute Gasteiger partial charge is 0.261 e. The highest BCUT2D eigenvalue weighted by atomic mass is 79.9. The number of hydrogen-bond acceptors (Lipinski definition) is 2. The maximum Gasteiger partial charge on any atom is 0.261 e. The van der Waals surface area contributed by atoms with Gasteiger partial charge in [0.25, 0.3) is 7.37 Å². The van der Waals surface area contributed by atoms with Crippen molar-refractivity contribution in [1.29, 1.82) is 0 Å². The zero-order valence-electron chi connectivity index (χ0n) is 13.3. The summed E-state index contributed by atoms with van der Waals surface area (Å²) >= 11 is 3.43. The molecule has 0 aliphatic carbocycles. The maximum absolute atomic E-state index is 13.8. The van der Waals surface area contributed by atoms with Crippen LogP contribution in [0.1, 0.15) is 18.6 Å². The molecule has 0 saturated heterocycles. The third-order valence-corrected chi connectivity index (χ3v) is 6.94. The summed E-state index contributed by atoms with van der Waals surface area (Å²) in [5, 5.41) is 1.42. The van der Waals surface area contributed by atoms with Gasteiger partial charge in [0, 0.05) is 15.1 Å². The van der Waals surface area contributed by atoms with Crippen LogP contribution >= 0.6 is 23.3 Å². The van der Waals surface area contributed by atoms with E-state index in [4.69, 9.17) is 4.52 Å². The van der Waals surface area contributed by atoms with Crippen molar-refractivity contribution >= 4 is 33.9 Å². The summed E-state index contributed by atoms with van der Waals surface area (Å²) in [7, 11) is -3.17. The van der Waals surface area contributed by atoms with Crippen LogP contribution in [0.5, 0.6) is 0 Å². The van der Waals surface area contributed by atoms with Gasteiger partial charge in [0.2, 0.25) is 0 Å². The van der Waals surface area contributed by atoms with Crippen LogP contribution < -0.4 is 10.6 Å². The van der Waals surface area contributed by atoms with Crippen molar-refractivity contribution in [2.24, 2.45) is 0 Å². The molecular formula is C20H18BrO2P.